The van der Waals surface area contributed by atoms with Gasteiger partial charge < -0.3 is 15.2 Å². The van der Waals surface area contributed by atoms with Gasteiger partial charge in [-0.25, -0.2) is 0 Å². The van der Waals surface area contributed by atoms with Crippen LogP contribution in [0.4, 0.5) is 0 Å². The maximum atomic E-state index is 12.4. The number of carbonyl (C=O) groups excluding carboxylic acids is 2. The molecule has 1 atom stereocenters. The molecule has 0 saturated carbocycles. The third-order valence-corrected chi connectivity index (χ3v) is 4.84. The van der Waals surface area contributed by atoms with E-state index >= 15 is 0 Å². The Kier molecular flexibility index (Phi) is 5.51. The smallest absolute Gasteiger partial charge is 0.250 e. The fourth-order valence-corrected chi connectivity index (χ4v) is 3.43. The van der Waals surface area contributed by atoms with Gasteiger partial charge in [0.2, 0.25) is 11.8 Å². The van der Waals surface area contributed by atoms with Crippen LogP contribution in [-0.4, -0.2) is 34.4 Å². The summed E-state index contributed by atoms with van der Waals surface area (Å²) in [7, 11) is 0. The lowest BCUT2D eigenvalue weighted by Crippen LogP contribution is -2.30. The molecule has 2 N–H and O–H groups in total. The van der Waals surface area contributed by atoms with E-state index in [0.717, 1.165) is 24.9 Å². The summed E-state index contributed by atoms with van der Waals surface area (Å²) >= 11 is 0. The zero-order valence-corrected chi connectivity index (χ0v) is 14.6. The van der Waals surface area contributed by atoms with Gasteiger partial charge in [-0.1, -0.05) is 18.2 Å². The molecule has 0 aliphatic carbocycles. The Balaban J connectivity index is 1.52. The van der Waals surface area contributed by atoms with Crippen LogP contribution in [0.15, 0.2) is 53.5 Å². The van der Waals surface area contributed by atoms with Crippen molar-refractivity contribution in [3.63, 3.8) is 0 Å². The van der Waals surface area contributed by atoms with Crippen molar-refractivity contribution in [1.82, 2.24) is 9.47 Å². The van der Waals surface area contributed by atoms with Crippen molar-refractivity contribution in [3.8, 4) is 0 Å². The Labute approximate surface area is 152 Å². The topological polar surface area (TPSA) is 85.4 Å². The van der Waals surface area contributed by atoms with Crippen molar-refractivity contribution in [2.45, 2.75) is 25.8 Å². The van der Waals surface area contributed by atoms with Crippen LogP contribution in [0.5, 0.6) is 0 Å². The number of nitrogens with zero attached hydrogens (tertiary/aromatic N) is 2. The first-order chi connectivity index (χ1) is 12.5. The summed E-state index contributed by atoms with van der Waals surface area (Å²) in [6.45, 7) is 1.85. The van der Waals surface area contributed by atoms with Gasteiger partial charge in [-0.15, -0.1) is 0 Å². The number of hydrogen-bond acceptors (Lipinski definition) is 3. The van der Waals surface area contributed by atoms with E-state index in [2.05, 4.69) is 0 Å². The first-order valence-electron chi connectivity index (χ1n) is 8.85. The Bertz CT molecular complexity index is 859. The molecule has 2 aromatic rings. The van der Waals surface area contributed by atoms with E-state index in [1.54, 1.807) is 29.0 Å². The van der Waals surface area contributed by atoms with Gasteiger partial charge in [0.15, 0.2) is 0 Å². The van der Waals surface area contributed by atoms with E-state index in [9.17, 15) is 14.4 Å². The van der Waals surface area contributed by atoms with Gasteiger partial charge >= 0.3 is 0 Å². The van der Waals surface area contributed by atoms with Gasteiger partial charge in [0.1, 0.15) is 0 Å². The Morgan fingerprint density at radius 2 is 2.00 bits per heavy atom. The molecule has 2 heterocycles. The summed E-state index contributed by atoms with van der Waals surface area (Å²) in [6.07, 6.45) is 3.79. The van der Waals surface area contributed by atoms with Crippen LogP contribution in [0.25, 0.3) is 0 Å². The lowest BCUT2D eigenvalue weighted by molar-refractivity contribution is -0.130. The van der Waals surface area contributed by atoms with E-state index in [1.165, 1.54) is 6.07 Å². The van der Waals surface area contributed by atoms with Crippen molar-refractivity contribution in [1.29, 1.82) is 0 Å². The molecule has 1 saturated heterocycles. The van der Waals surface area contributed by atoms with Crippen LogP contribution >= 0.6 is 0 Å². The molecule has 1 fully saturated rings. The fourth-order valence-electron chi connectivity index (χ4n) is 3.43. The average molecular weight is 353 g/mol. The van der Waals surface area contributed by atoms with Gasteiger partial charge in [-0.3, -0.25) is 14.4 Å². The minimum Gasteiger partial charge on any atom is -0.366 e. The molecule has 0 radical (unpaired) electrons. The number of benzene rings is 1. The van der Waals surface area contributed by atoms with Crippen LogP contribution in [0.2, 0.25) is 0 Å². The molecule has 1 aromatic carbocycles. The normalized spacial score (nSPS) is 16.6. The van der Waals surface area contributed by atoms with E-state index < -0.39 is 5.91 Å². The minimum atomic E-state index is -0.425. The summed E-state index contributed by atoms with van der Waals surface area (Å²) in [5.41, 5.74) is 6.82. The van der Waals surface area contributed by atoms with Crippen LogP contribution in [0.1, 0.15) is 28.8 Å². The number of hydrogen-bond donors (Lipinski definition) is 1. The number of primary amides is 1. The molecule has 1 aromatic heterocycles. The highest BCUT2D eigenvalue weighted by Crippen LogP contribution is 2.22. The maximum absolute atomic E-state index is 12.4. The van der Waals surface area contributed by atoms with E-state index in [4.69, 9.17) is 5.73 Å². The van der Waals surface area contributed by atoms with Crippen LogP contribution < -0.4 is 11.3 Å². The lowest BCUT2D eigenvalue weighted by Gasteiger charge is -2.17. The van der Waals surface area contributed by atoms with E-state index in [-0.39, 0.29) is 11.5 Å². The zero-order chi connectivity index (χ0) is 18.5. The molecule has 6 nitrogen and oxygen atoms in total. The predicted molar refractivity (Wildman–Crippen MR) is 98.7 cm³/mol. The van der Waals surface area contributed by atoms with Crippen LogP contribution in [-0.2, 0) is 17.8 Å². The average Bonchev–Trinajstić information content (AvgIpc) is 3.09. The largest absolute Gasteiger partial charge is 0.366 e. The highest BCUT2D eigenvalue weighted by atomic mass is 16.2. The quantitative estimate of drug-likeness (QED) is 0.852. The molecule has 0 spiro atoms. The van der Waals surface area contributed by atoms with Crippen molar-refractivity contribution >= 4 is 11.8 Å². The highest BCUT2D eigenvalue weighted by Gasteiger charge is 2.26. The monoisotopic (exact) mass is 353 g/mol. The van der Waals surface area contributed by atoms with Crippen LogP contribution in [0.3, 0.4) is 0 Å². The molecule has 0 bridgehead atoms. The molecule has 1 aliphatic rings. The summed E-state index contributed by atoms with van der Waals surface area (Å²) in [5.74, 6) is 0.0295. The molecular weight excluding hydrogens is 330 g/mol. The highest BCUT2D eigenvalue weighted by molar-refractivity contribution is 5.92. The second kappa shape index (κ2) is 7.99. The number of pyridine rings is 1. The molecule has 1 unspecified atom stereocenters. The van der Waals surface area contributed by atoms with Crippen molar-refractivity contribution in [2.75, 3.05) is 13.1 Å². The van der Waals surface area contributed by atoms with Gasteiger partial charge in [0.25, 0.3) is 5.56 Å². The van der Waals surface area contributed by atoms with Crippen molar-refractivity contribution < 1.29 is 9.59 Å². The van der Waals surface area contributed by atoms with Crippen molar-refractivity contribution in [3.05, 3.63) is 70.1 Å². The third kappa shape index (κ3) is 4.39. The molecule has 136 valence electrons. The number of nitrogens with two attached hydrogens (primary N) is 1. The third-order valence-electron chi connectivity index (χ3n) is 4.84. The van der Waals surface area contributed by atoms with Gasteiger partial charge in [0.05, 0.1) is 0 Å². The molecular formula is C20H23N3O3. The van der Waals surface area contributed by atoms with Gasteiger partial charge in [-0.2, -0.15) is 0 Å². The number of rotatable bonds is 6. The Morgan fingerprint density at radius 1 is 1.15 bits per heavy atom. The number of aromatic nitrogens is 1. The second-order valence-electron chi connectivity index (χ2n) is 6.75. The summed E-state index contributed by atoms with van der Waals surface area (Å²) in [5, 5.41) is 0. The maximum Gasteiger partial charge on any atom is 0.250 e. The number of likely N-dealkylation sites (tertiary alicyclic amines) is 1. The molecule has 2 amide bonds. The first-order valence-corrected chi connectivity index (χ1v) is 8.85. The summed E-state index contributed by atoms with van der Waals surface area (Å²) < 4.78 is 1.56. The molecule has 3 rings (SSSR count). The van der Waals surface area contributed by atoms with E-state index in [1.807, 2.05) is 23.1 Å². The predicted octanol–water partition coefficient (Wildman–Crippen LogP) is 1.43. The number of amides is 2. The molecule has 1 aliphatic heterocycles. The summed E-state index contributed by atoms with van der Waals surface area (Å²) in [6, 6.07) is 12.3. The van der Waals surface area contributed by atoms with E-state index in [0.29, 0.717) is 31.0 Å². The minimum absolute atomic E-state index is 0.0779. The molecule has 26 heavy (non-hydrogen) atoms. The Hall–Kier alpha value is -2.89. The number of aryl methyl sites for hydroxylation is 1. The van der Waals surface area contributed by atoms with Gasteiger partial charge in [0, 0.05) is 43.9 Å². The zero-order valence-electron chi connectivity index (χ0n) is 14.6. The number of carbonyl (C=O) groups is 2. The van der Waals surface area contributed by atoms with Crippen LogP contribution in [0, 0.1) is 5.92 Å². The SMILES string of the molecule is NC(=O)c1cccc(CC2CCN(C(=O)CCn3ccccc3=O)C2)c1. The summed E-state index contributed by atoms with van der Waals surface area (Å²) in [4.78, 5) is 37.3. The molecule has 6 heteroatoms. The standard InChI is InChI=1S/C20H23N3O3/c21-20(26)17-5-3-4-15(13-17)12-16-7-10-23(14-16)19(25)8-11-22-9-2-1-6-18(22)24/h1-6,9,13,16H,7-8,10-12,14H2,(H2,21,26). The Morgan fingerprint density at radius 3 is 2.77 bits per heavy atom. The van der Waals surface area contributed by atoms with Crippen molar-refractivity contribution in [2.24, 2.45) is 11.7 Å². The first kappa shape index (κ1) is 17.9. The lowest BCUT2D eigenvalue weighted by atomic mass is 9.97. The van der Waals surface area contributed by atoms with Gasteiger partial charge in [-0.05, 0) is 42.5 Å². The fraction of sp³-hybridized carbons (Fsp3) is 0.350. The second-order valence-corrected chi connectivity index (χ2v) is 6.75.